The third kappa shape index (κ3) is 6.67. The van der Waals surface area contributed by atoms with Crippen molar-refractivity contribution in [1.29, 1.82) is 0 Å². The van der Waals surface area contributed by atoms with Gasteiger partial charge < -0.3 is 15.2 Å². The van der Waals surface area contributed by atoms with Gasteiger partial charge >= 0.3 is 5.97 Å². The highest BCUT2D eigenvalue weighted by Gasteiger charge is 2.10. The first-order chi connectivity index (χ1) is 10.1. The Kier molecular flexibility index (Phi) is 7.74. The summed E-state index contributed by atoms with van der Waals surface area (Å²) in [6.45, 7) is 3.60. The minimum Gasteiger partial charge on any atom is -0.478 e. The van der Waals surface area contributed by atoms with E-state index in [1.165, 1.54) is 12.3 Å². The third-order valence-corrected chi connectivity index (χ3v) is 2.63. The Morgan fingerprint density at radius 1 is 1.43 bits per heavy atom. The smallest absolute Gasteiger partial charge is 0.328 e. The summed E-state index contributed by atoms with van der Waals surface area (Å²) in [5.74, 6) is -1.42. The quantitative estimate of drug-likeness (QED) is 0.534. The Balaban J connectivity index is 2.52. The molecule has 0 aliphatic rings. The number of carbonyl (C=O) groups excluding carboxylic acids is 1. The van der Waals surface area contributed by atoms with Crippen molar-refractivity contribution < 1.29 is 19.4 Å². The molecule has 0 saturated carbocycles. The van der Waals surface area contributed by atoms with Crippen molar-refractivity contribution in [2.75, 3.05) is 19.8 Å². The van der Waals surface area contributed by atoms with Crippen molar-refractivity contribution in [2.45, 2.75) is 19.8 Å². The normalized spacial score (nSPS) is 10.7. The average molecular weight is 292 g/mol. The van der Waals surface area contributed by atoms with Crippen LogP contribution >= 0.6 is 0 Å². The summed E-state index contributed by atoms with van der Waals surface area (Å²) in [6, 6.07) is 3.28. The van der Waals surface area contributed by atoms with E-state index in [1.807, 2.05) is 0 Å². The van der Waals surface area contributed by atoms with Crippen LogP contribution in [0, 0.1) is 0 Å². The van der Waals surface area contributed by atoms with Crippen molar-refractivity contribution in [3.8, 4) is 0 Å². The summed E-state index contributed by atoms with van der Waals surface area (Å²) in [7, 11) is 0. The fourth-order valence-electron chi connectivity index (χ4n) is 1.57. The van der Waals surface area contributed by atoms with Gasteiger partial charge in [-0.25, -0.2) is 4.79 Å². The number of carboxylic acid groups (broad SMARTS) is 1. The molecule has 2 N–H and O–H groups in total. The van der Waals surface area contributed by atoms with Crippen LogP contribution in [-0.2, 0) is 9.53 Å². The van der Waals surface area contributed by atoms with Gasteiger partial charge in [-0.15, -0.1) is 0 Å². The van der Waals surface area contributed by atoms with Crippen LogP contribution in [-0.4, -0.2) is 41.7 Å². The topological polar surface area (TPSA) is 88.5 Å². The highest BCUT2D eigenvalue weighted by atomic mass is 16.5. The number of nitrogens with one attached hydrogen (secondary N) is 1. The van der Waals surface area contributed by atoms with Crippen LogP contribution in [0.4, 0.5) is 0 Å². The second-order valence-corrected chi connectivity index (χ2v) is 4.33. The fraction of sp³-hybridized carbons (Fsp3) is 0.400. The third-order valence-electron chi connectivity index (χ3n) is 2.63. The van der Waals surface area contributed by atoms with Crippen LogP contribution < -0.4 is 5.32 Å². The van der Waals surface area contributed by atoms with E-state index in [0.717, 1.165) is 18.9 Å². The molecule has 0 aromatic carbocycles. The number of amides is 1. The lowest BCUT2D eigenvalue weighted by Crippen LogP contribution is -2.28. The summed E-state index contributed by atoms with van der Waals surface area (Å²) in [6.07, 6.45) is 5.88. The number of nitrogens with zero attached hydrogens (tertiary/aromatic N) is 1. The number of pyridine rings is 1. The first-order valence-electron chi connectivity index (χ1n) is 6.87. The Bertz CT molecular complexity index is 500. The van der Waals surface area contributed by atoms with E-state index in [2.05, 4.69) is 17.2 Å². The largest absolute Gasteiger partial charge is 0.478 e. The number of hydrogen-bond donors (Lipinski definition) is 2. The number of aliphatic carboxylic acids is 1. The van der Waals surface area contributed by atoms with Crippen LogP contribution in [0.5, 0.6) is 0 Å². The van der Waals surface area contributed by atoms with Crippen LogP contribution in [0.1, 0.15) is 35.8 Å². The van der Waals surface area contributed by atoms with Crippen LogP contribution in [0.25, 0.3) is 6.08 Å². The maximum atomic E-state index is 12.0. The molecule has 1 aromatic rings. The first-order valence-corrected chi connectivity index (χ1v) is 6.87. The number of rotatable bonds is 9. The Labute approximate surface area is 123 Å². The lowest BCUT2D eigenvalue weighted by molar-refractivity contribution is -0.131. The molecule has 114 valence electrons. The van der Waals surface area contributed by atoms with Crippen LogP contribution in [0.3, 0.4) is 0 Å². The molecule has 1 amide bonds. The van der Waals surface area contributed by atoms with Gasteiger partial charge in [0.1, 0.15) is 5.69 Å². The van der Waals surface area contributed by atoms with E-state index in [9.17, 15) is 9.59 Å². The zero-order chi connectivity index (χ0) is 15.5. The molecule has 0 saturated heterocycles. The molecule has 0 unspecified atom stereocenters. The van der Waals surface area contributed by atoms with Gasteiger partial charge in [-0.3, -0.25) is 9.78 Å². The molecule has 1 aromatic heterocycles. The summed E-state index contributed by atoms with van der Waals surface area (Å²) < 4.78 is 5.34. The highest BCUT2D eigenvalue weighted by molar-refractivity contribution is 5.97. The van der Waals surface area contributed by atoms with Crippen LogP contribution in [0.2, 0.25) is 0 Å². The molecule has 0 radical (unpaired) electrons. The molecule has 0 aliphatic carbocycles. The van der Waals surface area contributed by atoms with Gasteiger partial charge in [0, 0.05) is 31.0 Å². The first kappa shape index (κ1) is 16.8. The van der Waals surface area contributed by atoms with Crippen molar-refractivity contribution in [2.24, 2.45) is 0 Å². The van der Waals surface area contributed by atoms with Gasteiger partial charge in [-0.05, 0) is 18.6 Å². The number of carbonyl (C=O) groups is 2. The molecule has 0 fully saturated rings. The predicted octanol–water partition coefficient (Wildman–Crippen LogP) is 1.73. The minimum atomic E-state index is -1.07. The van der Waals surface area contributed by atoms with Crippen LogP contribution in [0.15, 0.2) is 24.4 Å². The predicted molar refractivity (Wildman–Crippen MR) is 79.0 cm³/mol. The number of aromatic nitrogens is 1. The van der Waals surface area contributed by atoms with E-state index in [4.69, 9.17) is 9.84 Å². The van der Waals surface area contributed by atoms with E-state index in [0.29, 0.717) is 25.3 Å². The maximum absolute atomic E-state index is 12.0. The summed E-state index contributed by atoms with van der Waals surface area (Å²) in [4.78, 5) is 26.5. The Morgan fingerprint density at radius 3 is 2.95 bits per heavy atom. The van der Waals surface area contributed by atoms with Gasteiger partial charge in [0.05, 0.1) is 6.61 Å². The molecule has 6 heteroatoms. The van der Waals surface area contributed by atoms with Crippen molar-refractivity contribution in [3.63, 3.8) is 0 Å². The molecule has 1 rings (SSSR count). The fourth-order valence-corrected chi connectivity index (χ4v) is 1.57. The van der Waals surface area contributed by atoms with Gasteiger partial charge in [0.25, 0.3) is 5.91 Å². The molecule has 0 atom stereocenters. The maximum Gasteiger partial charge on any atom is 0.328 e. The Hall–Kier alpha value is -2.21. The summed E-state index contributed by atoms with van der Waals surface area (Å²) >= 11 is 0. The Morgan fingerprint density at radius 2 is 2.24 bits per heavy atom. The van der Waals surface area contributed by atoms with Gasteiger partial charge in [0.2, 0.25) is 0 Å². The zero-order valence-electron chi connectivity index (χ0n) is 12.0. The molecule has 6 nitrogen and oxygen atoms in total. The SMILES string of the molecule is CCCCOCCNC(=O)c1ncccc1/C=C/C(=O)O. The molecule has 0 spiro atoms. The second-order valence-electron chi connectivity index (χ2n) is 4.33. The lowest BCUT2D eigenvalue weighted by atomic mass is 10.1. The zero-order valence-corrected chi connectivity index (χ0v) is 12.0. The van der Waals surface area contributed by atoms with E-state index < -0.39 is 5.97 Å². The molecule has 0 bridgehead atoms. The van der Waals surface area contributed by atoms with Gasteiger partial charge in [0.15, 0.2) is 0 Å². The second kappa shape index (κ2) is 9.66. The number of unbranched alkanes of at least 4 members (excludes halogenated alkanes) is 1. The monoisotopic (exact) mass is 292 g/mol. The van der Waals surface area contributed by atoms with Crippen molar-refractivity contribution in [3.05, 3.63) is 35.7 Å². The summed E-state index contributed by atoms with van der Waals surface area (Å²) in [5, 5.41) is 11.3. The summed E-state index contributed by atoms with van der Waals surface area (Å²) in [5.41, 5.74) is 0.660. The number of carboxylic acids is 1. The number of hydrogen-bond acceptors (Lipinski definition) is 4. The van der Waals surface area contributed by atoms with Crippen molar-refractivity contribution in [1.82, 2.24) is 10.3 Å². The molecule has 0 aliphatic heterocycles. The van der Waals surface area contributed by atoms with E-state index >= 15 is 0 Å². The molecule has 21 heavy (non-hydrogen) atoms. The van der Waals surface area contributed by atoms with Crippen molar-refractivity contribution >= 4 is 18.0 Å². The van der Waals surface area contributed by atoms with E-state index in [1.54, 1.807) is 12.1 Å². The van der Waals surface area contributed by atoms with E-state index in [-0.39, 0.29) is 11.6 Å². The van der Waals surface area contributed by atoms with Gasteiger partial charge in [-0.1, -0.05) is 19.4 Å². The average Bonchev–Trinajstić information content (AvgIpc) is 2.48. The molecule has 1 heterocycles. The molecular weight excluding hydrogens is 272 g/mol. The highest BCUT2D eigenvalue weighted by Crippen LogP contribution is 2.07. The van der Waals surface area contributed by atoms with Gasteiger partial charge in [-0.2, -0.15) is 0 Å². The number of ether oxygens (including phenoxy) is 1. The lowest BCUT2D eigenvalue weighted by Gasteiger charge is -2.07. The minimum absolute atomic E-state index is 0.198. The molecular formula is C15H20N2O4. The standard InChI is InChI=1S/C15H20N2O4/c1-2-3-10-21-11-9-17-15(20)14-12(5-4-8-16-14)6-7-13(18)19/h4-8H,2-3,9-11H2,1H3,(H,17,20)(H,18,19)/b7-6+.